The minimum absolute atomic E-state index is 0.397. The van der Waals surface area contributed by atoms with Crippen LogP contribution >= 0.6 is 11.3 Å². The Bertz CT molecular complexity index is 857. The largest absolute Gasteiger partial charge is 0.355 e. The first-order valence-electron chi connectivity index (χ1n) is 9.15. The molecule has 1 N–H and O–H groups in total. The number of piperidine rings is 1. The normalized spacial score (nSPS) is 16.9. The number of anilines is 1. The smallest absolute Gasteiger partial charge is 0.150 e. The molecule has 4 rings (SSSR count). The lowest BCUT2D eigenvalue weighted by Gasteiger charge is -2.34. The Morgan fingerprint density at radius 2 is 2.08 bits per heavy atom. The summed E-state index contributed by atoms with van der Waals surface area (Å²) in [6.45, 7) is 6.39. The molecule has 0 aromatic carbocycles. The van der Waals surface area contributed by atoms with Crippen LogP contribution in [0.25, 0.3) is 10.2 Å². The molecule has 136 valence electrons. The van der Waals surface area contributed by atoms with Gasteiger partial charge in [0.05, 0.1) is 15.9 Å². The van der Waals surface area contributed by atoms with Crippen molar-refractivity contribution in [1.29, 1.82) is 0 Å². The highest BCUT2D eigenvalue weighted by Gasteiger charge is 2.23. The molecule has 0 spiro atoms. The molecule has 0 aliphatic carbocycles. The quantitative estimate of drug-likeness (QED) is 0.747. The van der Waals surface area contributed by atoms with Crippen molar-refractivity contribution < 1.29 is 0 Å². The number of aromatic nitrogens is 4. The molecule has 3 aromatic heterocycles. The van der Waals surface area contributed by atoms with Gasteiger partial charge in [-0.3, -0.25) is 9.97 Å². The first-order valence-corrected chi connectivity index (χ1v) is 10.0. The number of rotatable bonds is 5. The van der Waals surface area contributed by atoms with Gasteiger partial charge in [0.15, 0.2) is 0 Å². The van der Waals surface area contributed by atoms with Crippen molar-refractivity contribution in [2.75, 3.05) is 18.0 Å². The van der Waals surface area contributed by atoms with Crippen LogP contribution in [-0.4, -0.2) is 45.1 Å². The second kappa shape index (κ2) is 7.63. The third-order valence-corrected chi connectivity index (χ3v) is 6.04. The van der Waals surface area contributed by atoms with Crippen LogP contribution in [0.3, 0.4) is 0 Å². The van der Waals surface area contributed by atoms with E-state index in [1.807, 2.05) is 6.20 Å². The summed E-state index contributed by atoms with van der Waals surface area (Å²) in [7, 11) is 0. The summed E-state index contributed by atoms with van der Waals surface area (Å²) in [5.74, 6) is 1.10. The Balaban J connectivity index is 1.35. The average Bonchev–Trinajstić information content (AvgIpc) is 3.04. The molecule has 0 amide bonds. The summed E-state index contributed by atoms with van der Waals surface area (Å²) >= 11 is 1.75. The topological polar surface area (TPSA) is 66.8 Å². The number of hydrogen-bond donors (Lipinski definition) is 1. The third kappa shape index (κ3) is 3.68. The van der Waals surface area contributed by atoms with Crippen molar-refractivity contribution in [2.24, 2.45) is 0 Å². The van der Waals surface area contributed by atoms with E-state index in [1.165, 1.54) is 10.3 Å². The zero-order valence-electron chi connectivity index (χ0n) is 15.2. The van der Waals surface area contributed by atoms with Gasteiger partial charge < -0.3 is 10.2 Å². The highest BCUT2D eigenvalue weighted by Crippen LogP contribution is 2.32. The van der Waals surface area contributed by atoms with Crippen LogP contribution in [0.5, 0.6) is 0 Å². The van der Waals surface area contributed by atoms with Gasteiger partial charge in [0.2, 0.25) is 0 Å². The molecular formula is C19H24N6S. The van der Waals surface area contributed by atoms with Crippen molar-refractivity contribution >= 4 is 27.4 Å². The van der Waals surface area contributed by atoms with Crippen molar-refractivity contribution in [1.82, 2.24) is 25.3 Å². The van der Waals surface area contributed by atoms with Crippen LogP contribution in [0.2, 0.25) is 0 Å². The molecule has 0 unspecified atom stereocenters. The Morgan fingerprint density at radius 1 is 1.23 bits per heavy atom. The number of nitrogens with one attached hydrogen (secondary N) is 1. The van der Waals surface area contributed by atoms with Crippen molar-refractivity contribution in [3.05, 3.63) is 41.6 Å². The molecule has 1 fully saturated rings. The Labute approximate surface area is 157 Å². The first kappa shape index (κ1) is 17.3. The number of fused-ring (bicyclic) bond motifs is 1. The Kier molecular flexibility index (Phi) is 5.08. The monoisotopic (exact) mass is 368 g/mol. The molecule has 0 saturated carbocycles. The fraction of sp³-hybridized carbons (Fsp3) is 0.474. The molecule has 6 nitrogen and oxygen atoms in total. The second-order valence-electron chi connectivity index (χ2n) is 7.02. The highest BCUT2D eigenvalue weighted by molar-refractivity contribution is 7.18. The van der Waals surface area contributed by atoms with Crippen LogP contribution in [-0.2, 0) is 6.42 Å². The van der Waals surface area contributed by atoms with Crippen molar-refractivity contribution in [2.45, 2.75) is 45.2 Å². The average molecular weight is 369 g/mol. The van der Waals surface area contributed by atoms with Crippen LogP contribution < -0.4 is 10.2 Å². The van der Waals surface area contributed by atoms with E-state index < -0.39 is 0 Å². The van der Waals surface area contributed by atoms with Gasteiger partial charge in [-0.1, -0.05) is 0 Å². The lowest BCUT2D eigenvalue weighted by molar-refractivity contribution is 0.373. The molecule has 4 heterocycles. The van der Waals surface area contributed by atoms with E-state index >= 15 is 0 Å². The second-order valence-corrected chi connectivity index (χ2v) is 7.90. The van der Waals surface area contributed by atoms with Crippen LogP contribution in [0.1, 0.15) is 31.0 Å². The van der Waals surface area contributed by atoms with E-state index in [1.54, 1.807) is 30.1 Å². The van der Waals surface area contributed by atoms with E-state index in [4.69, 9.17) is 0 Å². The zero-order chi connectivity index (χ0) is 17.9. The molecule has 1 saturated heterocycles. The van der Waals surface area contributed by atoms with Gasteiger partial charge in [-0.15, -0.1) is 11.3 Å². The number of aryl methyl sites for hydroxylation is 1. The molecular weight excluding hydrogens is 344 g/mol. The molecule has 0 radical (unpaired) electrons. The highest BCUT2D eigenvalue weighted by atomic mass is 32.1. The van der Waals surface area contributed by atoms with Gasteiger partial charge in [-0.25, -0.2) is 9.97 Å². The van der Waals surface area contributed by atoms with Gasteiger partial charge in [0.1, 0.15) is 12.1 Å². The van der Waals surface area contributed by atoms with E-state index in [0.717, 1.165) is 49.4 Å². The minimum atomic E-state index is 0.397. The van der Waals surface area contributed by atoms with Crippen molar-refractivity contribution in [3.63, 3.8) is 0 Å². The number of hydrogen-bond acceptors (Lipinski definition) is 7. The summed E-state index contributed by atoms with van der Waals surface area (Å²) in [6, 6.07) is 0.939. The Hall–Kier alpha value is -2.12. The van der Waals surface area contributed by atoms with E-state index in [2.05, 4.69) is 49.4 Å². The fourth-order valence-corrected chi connectivity index (χ4v) is 4.67. The maximum absolute atomic E-state index is 4.58. The Morgan fingerprint density at radius 3 is 2.85 bits per heavy atom. The maximum Gasteiger partial charge on any atom is 0.150 e. The molecule has 3 aromatic rings. The summed E-state index contributed by atoms with van der Waals surface area (Å²) in [6.07, 6.45) is 10.2. The zero-order valence-corrected chi connectivity index (χ0v) is 16.0. The standard InChI is InChI=1S/C19H24N6S/c1-13-11-26-18-17(13)22-12-23-19(18)25-7-3-15(4-8-25)24-14(2)9-16-10-20-5-6-21-16/h5-6,10-12,14-15,24H,3-4,7-9H2,1-2H3/t14-/m0/s1. The van der Waals surface area contributed by atoms with Gasteiger partial charge in [-0.05, 0) is 37.6 Å². The van der Waals surface area contributed by atoms with E-state index in [0.29, 0.717) is 12.1 Å². The van der Waals surface area contributed by atoms with Gasteiger partial charge >= 0.3 is 0 Å². The SMILES string of the molecule is Cc1csc2c(N3CCC(N[C@@H](C)Cc4cnccn4)CC3)ncnc12. The predicted molar refractivity (Wildman–Crippen MR) is 106 cm³/mol. The number of nitrogens with zero attached hydrogens (tertiary/aromatic N) is 5. The fourth-order valence-electron chi connectivity index (χ4n) is 3.65. The van der Waals surface area contributed by atoms with Gasteiger partial charge in [-0.2, -0.15) is 0 Å². The van der Waals surface area contributed by atoms with E-state index in [-0.39, 0.29) is 0 Å². The van der Waals surface area contributed by atoms with Gasteiger partial charge in [0, 0.05) is 50.2 Å². The van der Waals surface area contributed by atoms with Crippen LogP contribution in [0, 0.1) is 6.92 Å². The summed E-state index contributed by atoms with van der Waals surface area (Å²) in [5.41, 5.74) is 3.38. The summed E-state index contributed by atoms with van der Waals surface area (Å²) in [4.78, 5) is 19.9. The summed E-state index contributed by atoms with van der Waals surface area (Å²) < 4.78 is 1.22. The minimum Gasteiger partial charge on any atom is -0.355 e. The molecule has 1 atom stereocenters. The maximum atomic E-state index is 4.58. The van der Waals surface area contributed by atoms with Crippen LogP contribution in [0.15, 0.2) is 30.3 Å². The molecule has 26 heavy (non-hydrogen) atoms. The molecule has 1 aliphatic heterocycles. The first-order chi connectivity index (χ1) is 12.7. The predicted octanol–water partition coefficient (Wildman–Crippen LogP) is 2.98. The lowest BCUT2D eigenvalue weighted by atomic mass is 10.0. The molecule has 0 bridgehead atoms. The van der Waals surface area contributed by atoms with Gasteiger partial charge in [0.25, 0.3) is 0 Å². The lowest BCUT2D eigenvalue weighted by Crippen LogP contribution is -2.46. The summed E-state index contributed by atoms with van der Waals surface area (Å²) in [5, 5.41) is 5.93. The third-order valence-electron chi connectivity index (χ3n) is 4.96. The van der Waals surface area contributed by atoms with E-state index in [9.17, 15) is 0 Å². The number of thiophene rings is 1. The van der Waals surface area contributed by atoms with Crippen LogP contribution in [0.4, 0.5) is 5.82 Å². The molecule has 7 heteroatoms. The molecule has 1 aliphatic rings. The van der Waals surface area contributed by atoms with Crippen molar-refractivity contribution in [3.8, 4) is 0 Å².